The second-order valence-corrected chi connectivity index (χ2v) is 4.51. The normalized spacial score (nSPS) is 18.4. The number of rotatable bonds is 4. The molecule has 2 rings (SSSR count). The zero-order chi connectivity index (χ0) is 13.7. The highest BCUT2D eigenvalue weighted by Gasteiger charge is 2.23. The first-order valence-corrected chi connectivity index (χ1v) is 6.43. The van der Waals surface area contributed by atoms with Gasteiger partial charge in [-0.15, -0.1) is 0 Å². The molecule has 0 amide bonds. The number of carbonyl (C=O) groups excluding carboxylic acids is 1. The molecule has 0 unspecified atom stereocenters. The Balaban J connectivity index is 2.14. The van der Waals surface area contributed by atoms with Crippen molar-refractivity contribution >= 4 is 11.7 Å². The number of esters is 1. The Morgan fingerprint density at radius 2 is 2.21 bits per heavy atom. The van der Waals surface area contributed by atoms with Crippen molar-refractivity contribution < 1.29 is 14.3 Å². The summed E-state index contributed by atoms with van der Waals surface area (Å²) >= 11 is 0. The van der Waals surface area contributed by atoms with Crippen molar-refractivity contribution in [2.24, 2.45) is 0 Å². The van der Waals surface area contributed by atoms with Gasteiger partial charge in [-0.25, -0.2) is 4.79 Å². The van der Waals surface area contributed by atoms with Gasteiger partial charge in [0.05, 0.1) is 25.8 Å². The number of hydrogen-bond donors (Lipinski definition) is 1. The summed E-state index contributed by atoms with van der Waals surface area (Å²) in [4.78, 5) is 11.7. The highest BCUT2D eigenvalue weighted by atomic mass is 16.5. The van der Waals surface area contributed by atoms with E-state index in [-0.39, 0.29) is 12.0 Å². The highest BCUT2D eigenvalue weighted by Crippen LogP contribution is 2.25. The molecule has 1 aromatic rings. The predicted octanol–water partition coefficient (Wildman–Crippen LogP) is 2.76. The predicted molar refractivity (Wildman–Crippen MR) is 74.4 cm³/mol. The van der Waals surface area contributed by atoms with Crippen molar-refractivity contribution in [3.63, 3.8) is 0 Å². The Morgan fingerprint density at radius 1 is 1.37 bits per heavy atom. The molecular formula is C15H19NO3. The number of hydrogen-bond acceptors (Lipinski definition) is 4. The molecule has 1 aliphatic rings. The Kier molecular flexibility index (Phi) is 4.44. The number of nitrogens with one attached hydrogen (secondary N) is 1. The van der Waals surface area contributed by atoms with Gasteiger partial charge >= 0.3 is 5.97 Å². The van der Waals surface area contributed by atoms with Crippen LogP contribution in [-0.4, -0.2) is 26.2 Å². The number of allylic oxidation sites excluding steroid dienone is 1. The first-order valence-electron chi connectivity index (χ1n) is 6.43. The van der Waals surface area contributed by atoms with Gasteiger partial charge in [0.15, 0.2) is 0 Å². The molecule has 1 N–H and O–H groups in total. The summed E-state index contributed by atoms with van der Waals surface area (Å²) in [5.74, 6) is 0.546. The van der Waals surface area contributed by atoms with E-state index >= 15 is 0 Å². The van der Waals surface area contributed by atoms with Crippen LogP contribution >= 0.6 is 0 Å². The van der Waals surface area contributed by atoms with Gasteiger partial charge in [-0.3, -0.25) is 0 Å². The van der Waals surface area contributed by atoms with Crippen LogP contribution in [0.1, 0.15) is 19.3 Å². The van der Waals surface area contributed by atoms with E-state index in [0.29, 0.717) is 0 Å². The molecule has 1 aliphatic carbocycles. The molecule has 0 aliphatic heterocycles. The number of benzene rings is 1. The van der Waals surface area contributed by atoms with Crippen LogP contribution in [0.4, 0.5) is 5.69 Å². The van der Waals surface area contributed by atoms with E-state index in [1.54, 1.807) is 7.11 Å². The fourth-order valence-corrected chi connectivity index (χ4v) is 2.28. The van der Waals surface area contributed by atoms with Gasteiger partial charge in [0.1, 0.15) is 5.75 Å². The number of ether oxygens (including phenoxy) is 2. The second-order valence-electron chi connectivity index (χ2n) is 4.51. The summed E-state index contributed by atoms with van der Waals surface area (Å²) in [7, 11) is 3.06. The van der Waals surface area contributed by atoms with E-state index in [1.807, 2.05) is 30.3 Å². The van der Waals surface area contributed by atoms with Crippen molar-refractivity contribution in [3.8, 4) is 5.75 Å². The summed E-state index contributed by atoms with van der Waals surface area (Å²) in [5.41, 5.74) is 1.66. The van der Waals surface area contributed by atoms with Gasteiger partial charge < -0.3 is 14.8 Å². The number of methoxy groups -OCH3 is 2. The lowest BCUT2D eigenvalue weighted by Gasteiger charge is -2.24. The maximum atomic E-state index is 11.7. The van der Waals surface area contributed by atoms with Crippen molar-refractivity contribution in [2.45, 2.75) is 25.3 Å². The molecule has 0 radical (unpaired) electrons. The molecule has 0 spiro atoms. The summed E-state index contributed by atoms with van der Waals surface area (Å²) in [6.07, 6.45) is 4.90. The van der Waals surface area contributed by atoms with E-state index in [1.165, 1.54) is 7.11 Å². The van der Waals surface area contributed by atoms with Crippen molar-refractivity contribution in [3.05, 3.63) is 35.9 Å². The van der Waals surface area contributed by atoms with Gasteiger partial charge in [0.25, 0.3) is 0 Å². The van der Waals surface area contributed by atoms with Crippen LogP contribution < -0.4 is 10.1 Å². The van der Waals surface area contributed by atoms with E-state index < -0.39 is 0 Å². The minimum atomic E-state index is -0.250. The molecule has 0 aromatic heterocycles. The minimum Gasteiger partial charge on any atom is -0.497 e. The lowest BCUT2D eigenvalue weighted by molar-refractivity contribution is -0.136. The Morgan fingerprint density at radius 3 is 2.95 bits per heavy atom. The van der Waals surface area contributed by atoms with Gasteiger partial charge in [-0.1, -0.05) is 12.1 Å². The quantitative estimate of drug-likeness (QED) is 0.847. The second kappa shape index (κ2) is 6.27. The maximum Gasteiger partial charge on any atom is 0.335 e. The molecule has 4 nitrogen and oxygen atoms in total. The summed E-state index contributed by atoms with van der Waals surface area (Å²) in [6, 6.07) is 7.71. The fourth-order valence-electron chi connectivity index (χ4n) is 2.28. The van der Waals surface area contributed by atoms with E-state index in [4.69, 9.17) is 9.47 Å². The zero-order valence-corrected chi connectivity index (χ0v) is 11.3. The van der Waals surface area contributed by atoms with Gasteiger partial charge in [0, 0.05) is 11.8 Å². The number of anilines is 1. The van der Waals surface area contributed by atoms with Crippen LogP contribution in [0.2, 0.25) is 0 Å². The van der Waals surface area contributed by atoms with Crippen LogP contribution in [0.15, 0.2) is 35.9 Å². The van der Waals surface area contributed by atoms with Gasteiger partial charge in [-0.05, 0) is 31.4 Å². The van der Waals surface area contributed by atoms with Crippen LogP contribution in [0.5, 0.6) is 5.75 Å². The molecule has 4 heteroatoms. The molecule has 0 fully saturated rings. The molecule has 0 bridgehead atoms. The molecular weight excluding hydrogens is 242 g/mol. The molecule has 0 saturated carbocycles. The van der Waals surface area contributed by atoms with Crippen molar-refractivity contribution in [1.82, 2.24) is 0 Å². The molecule has 0 saturated heterocycles. The van der Waals surface area contributed by atoms with Crippen molar-refractivity contribution in [2.75, 3.05) is 19.5 Å². The lowest BCUT2D eigenvalue weighted by atomic mass is 9.94. The SMILES string of the molecule is COC(=O)C1=CCCC[C@@H]1Nc1cccc(OC)c1. The van der Waals surface area contributed by atoms with Gasteiger partial charge in [0.2, 0.25) is 0 Å². The summed E-state index contributed by atoms with van der Waals surface area (Å²) < 4.78 is 10.0. The third-order valence-corrected chi connectivity index (χ3v) is 3.27. The molecule has 0 heterocycles. The summed E-state index contributed by atoms with van der Waals surface area (Å²) in [6.45, 7) is 0. The average molecular weight is 261 g/mol. The number of carbonyl (C=O) groups is 1. The average Bonchev–Trinajstić information content (AvgIpc) is 2.47. The van der Waals surface area contributed by atoms with E-state index in [9.17, 15) is 4.79 Å². The first kappa shape index (κ1) is 13.5. The fraction of sp³-hybridized carbons (Fsp3) is 0.400. The molecule has 19 heavy (non-hydrogen) atoms. The molecule has 1 atom stereocenters. The van der Waals surface area contributed by atoms with Crippen LogP contribution in [0.3, 0.4) is 0 Å². The van der Waals surface area contributed by atoms with E-state index in [2.05, 4.69) is 5.32 Å². The van der Waals surface area contributed by atoms with E-state index in [0.717, 1.165) is 36.3 Å². The van der Waals surface area contributed by atoms with Crippen LogP contribution in [-0.2, 0) is 9.53 Å². The summed E-state index contributed by atoms with van der Waals surface area (Å²) in [5, 5.41) is 3.37. The van der Waals surface area contributed by atoms with Crippen LogP contribution in [0, 0.1) is 0 Å². The largest absolute Gasteiger partial charge is 0.497 e. The Hall–Kier alpha value is -1.97. The third-order valence-electron chi connectivity index (χ3n) is 3.27. The Bertz CT molecular complexity index is 482. The zero-order valence-electron chi connectivity index (χ0n) is 11.3. The maximum absolute atomic E-state index is 11.7. The van der Waals surface area contributed by atoms with Crippen LogP contribution in [0.25, 0.3) is 0 Å². The standard InChI is InChI=1S/C15H19NO3/c1-18-12-7-5-6-11(10-12)16-14-9-4-3-8-13(14)15(17)19-2/h5-8,10,14,16H,3-4,9H2,1-2H3/t14-/m0/s1. The first-order chi connectivity index (χ1) is 9.24. The Labute approximate surface area is 113 Å². The lowest BCUT2D eigenvalue weighted by Crippen LogP contribution is -2.29. The smallest absolute Gasteiger partial charge is 0.335 e. The monoisotopic (exact) mass is 261 g/mol. The molecule has 102 valence electrons. The molecule has 1 aromatic carbocycles. The van der Waals surface area contributed by atoms with Gasteiger partial charge in [-0.2, -0.15) is 0 Å². The topological polar surface area (TPSA) is 47.6 Å². The highest BCUT2D eigenvalue weighted by molar-refractivity contribution is 5.90. The minimum absolute atomic E-state index is 0.00769. The third kappa shape index (κ3) is 3.28. The van der Waals surface area contributed by atoms with Crippen molar-refractivity contribution in [1.29, 1.82) is 0 Å².